The lowest BCUT2D eigenvalue weighted by Gasteiger charge is -2.00. The third-order valence-corrected chi connectivity index (χ3v) is 3.62. The van der Waals surface area contributed by atoms with Crippen LogP contribution >= 0.6 is 0 Å². The Morgan fingerprint density at radius 1 is 1.27 bits per heavy atom. The van der Waals surface area contributed by atoms with Gasteiger partial charge in [0, 0.05) is 13.2 Å². The van der Waals surface area contributed by atoms with Gasteiger partial charge in [-0.1, -0.05) is 0 Å². The number of rotatable bonds is 4. The van der Waals surface area contributed by atoms with Gasteiger partial charge < -0.3 is 4.42 Å². The first-order chi connectivity index (χ1) is 12.1. The maximum absolute atomic E-state index is 13.0. The standard InChI is InChI=1S/C13H12F3N7O3/c1-6-8(4-21(3)19-6)12-18-17-9(26-12)5-22-7(2)10(23(24)25)11(20-22)13(14,15)16/h4H,5H2,1-3H3. The van der Waals surface area contributed by atoms with Gasteiger partial charge in [0.1, 0.15) is 12.2 Å². The van der Waals surface area contributed by atoms with Crippen molar-refractivity contribution in [3.8, 4) is 11.5 Å². The van der Waals surface area contributed by atoms with Gasteiger partial charge in [-0.2, -0.15) is 23.4 Å². The molecule has 0 spiro atoms. The molecule has 3 rings (SSSR count). The summed E-state index contributed by atoms with van der Waals surface area (Å²) >= 11 is 0. The monoisotopic (exact) mass is 371 g/mol. The van der Waals surface area contributed by atoms with Gasteiger partial charge in [0.05, 0.1) is 16.2 Å². The highest BCUT2D eigenvalue weighted by molar-refractivity contribution is 5.54. The fourth-order valence-corrected chi connectivity index (χ4v) is 2.46. The van der Waals surface area contributed by atoms with E-state index >= 15 is 0 Å². The van der Waals surface area contributed by atoms with E-state index in [0.29, 0.717) is 11.3 Å². The van der Waals surface area contributed by atoms with E-state index < -0.39 is 22.5 Å². The Bertz CT molecular complexity index is 986. The molecule has 10 nitrogen and oxygen atoms in total. The molecule has 0 fully saturated rings. The molecule has 13 heteroatoms. The van der Waals surface area contributed by atoms with Crippen LogP contribution in [0.1, 0.15) is 23.0 Å². The fourth-order valence-electron chi connectivity index (χ4n) is 2.46. The number of nitro groups is 1. The number of hydrogen-bond donors (Lipinski definition) is 0. The van der Waals surface area contributed by atoms with Crippen LogP contribution in [-0.4, -0.2) is 34.7 Å². The van der Waals surface area contributed by atoms with Crippen LogP contribution in [0, 0.1) is 24.0 Å². The number of hydrogen-bond acceptors (Lipinski definition) is 7. The van der Waals surface area contributed by atoms with Gasteiger partial charge in [-0.05, 0) is 13.8 Å². The van der Waals surface area contributed by atoms with Crippen molar-refractivity contribution >= 4 is 5.69 Å². The second kappa shape index (κ2) is 5.93. The van der Waals surface area contributed by atoms with Gasteiger partial charge in [0.2, 0.25) is 11.6 Å². The predicted octanol–water partition coefficient (Wildman–Crippen LogP) is 2.26. The Labute approximate surface area is 143 Å². The van der Waals surface area contributed by atoms with E-state index in [4.69, 9.17) is 4.42 Å². The zero-order chi connectivity index (χ0) is 19.2. The van der Waals surface area contributed by atoms with E-state index in [9.17, 15) is 23.3 Å². The Morgan fingerprint density at radius 2 is 1.96 bits per heavy atom. The molecule has 0 atom stereocenters. The number of alkyl halides is 3. The zero-order valence-corrected chi connectivity index (χ0v) is 13.8. The van der Waals surface area contributed by atoms with E-state index in [2.05, 4.69) is 20.4 Å². The van der Waals surface area contributed by atoms with Crippen molar-refractivity contribution in [3.05, 3.63) is 39.3 Å². The van der Waals surface area contributed by atoms with Crippen LogP contribution in [0.5, 0.6) is 0 Å². The molecule has 0 amide bonds. The molecule has 138 valence electrons. The molecule has 3 heterocycles. The summed E-state index contributed by atoms with van der Waals surface area (Å²) in [6.07, 6.45) is -3.30. The topological polar surface area (TPSA) is 118 Å². The minimum Gasteiger partial charge on any atom is -0.419 e. The Balaban J connectivity index is 1.95. The molecule has 0 aliphatic heterocycles. The summed E-state index contributed by atoms with van der Waals surface area (Å²) in [7, 11) is 1.71. The Hall–Kier alpha value is -3.25. The third kappa shape index (κ3) is 3.02. The average Bonchev–Trinajstić information content (AvgIpc) is 3.18. The quantitative estimate of drug-likeness (QED) is 0.510. The molecule has 0 unspecified atom stereocenters. The van der Waals surface area contributed by atoms with Crippen molar-refractivity contribution in [2.75, 3.05) is 0 Å². The lowest BCUT2D eigenvalue weighted by Crippen LogP contribution is -2.10. The summed E-state index contributed by atoms with van der Waals surface area (Å²) in [6, 6.07) is 0. The summed E-state index contributed by atoms with van der Waals surface area (Å²) in [6.45, 7) is 2.56. The van der Waals surface area contributed by atoms with Crippen LogP contribution < -0.4 is 0 Å². The maximum Gasteiger partial charge on any atom is 0.442 e. The number of aromatic nitrogens is 6. The molecule has 0 N–H and O–H groups in total. The number of nitrogens with zero attached hydrogens (tertiary/aromatic N) is 7. The molecule has 0 aliphatic carbocycles. The van der Waals surface area contributed by atoms with Crippen LogP contribution in [0.25, 0.3) is 11.5 Å². The summed E-state index contributed by atoms with van der Waals surface area (Å²) in [5.41, 5.74) is -1.72. The zero-order valence-electron chi connectivity index (χ0n) is 13.8. The second-order valence-electron chi connectivity index (χ2n) is 5.50. The Kier molecular flexibility index (Phi) is 4.00. The van der Waals surface area contributed by atoms with Gasteiger partial charge in [-0.3, -0.25) is 19.5 Å². The minimum absolute atomic E-state index is 0.0440. The summed E-state index contributed by atoms with van der Waals surface area (Å²) < 4.78 is 46.7. The molecule has 0 radical (unpaired) electrons. The highest BCUT2D eigenvalue weighted by Crippen LogP contribution is 2.37. The van der Waals surface area contributed by atoms with Crippen molar-refractivity contribution in [1.29, 1.82) is 0 Å². The van der Waals surface area contributed by atoms with Crippen LogP contribution in [0.4, 0.5) is 18.9 Å². The van der Waals surface area contributed by atoms with Crippen LogP contribution in [0.15, 0.2) is 10.6 Å². The first kappa shape index (κ1) is 17.6. The van der Waals surface area contributed by atoms with Gasteiger partial charge >= 0.3 is 11.9 Å². The molecule has 3 aromatic rings. The SMILES string of the molecule is Cc1nn(C)cc1-c1nnc(Cn2nc(C(F)(F)F)c([N+](=O)[O-])c2C)o1. The Morgan fingerprint density at radius 3 is 2.46 bits per heavy atom. The number of halogens is 3. The second-order valence-corrected chi connectivity index (χ2v) is 5.50. The summed E-state index contributed by atoms with van der Waals surface area (Å²) in [5.74, 6) is 0.0958. The predicted molar refractivity (Wildman–Crippen MR) is 79.0 cm³/mol. The molecule has 0 aromatic carbocycles. The van der Waals surface area contributed by atoms with Crippen molar-refractivity contribution < 1.29 is 22.5 Å². The summed E-state index contributed by atoms with van der Waals surface area (Å²) in [4.78, 5) is 9.86. The maximum atomic E-state index is 13.0. The molecule has 26 heavy (non-hydrogen) atoms. The first-order valence-electron chi connectivity index (χ1n) is 7.20. The lowest BCUT2D eigenvalue weighted by molar-refractivity contribution is -0.388. The van der Waals surface area contributed by atoms with Gasteiger partial charge in [-0.15, -0.1) is 10.2 Å². The van der Waals surface area contributed by atoms with Crippen molar-refractivity contribution in [2.45, 2.75) is 26.6 Å². The van der Waals surface area contributed by atoms with Crippen LogP contribution in [-0.2, 0) is 19.8 Å². The molecular weight excluding hydrogens is 359 g/mol. The fraction of sp³-hybridized carbons (Fsp3) is 0.385. The number of aryl methyl sites for hydroxylation is 2. The first-order valence-corrected chi connectivity index (χ1v) is 7.20. The van der Waals surface area contributed by atoms with Crippen LogP contribution in [0.3, 0.4) is 0 Å². The third-order valence-electron chi connectivity index (χ3n) is 3.62. The molecular formula is C13H12F3N7O3. The van der Waals surface area contributed by atoms with E-state index in [1.165, 1.54) is 6.92 Å². The highest BCUT2D eigenvalue weighted by atomic mass is 19.4. The minimum atomic E-state index is -4.95. The van der Waals surface area contributed by atoms with Crippen LogP contribution in [0.2, 0.25) is 0 Å². The van der Waals surface area contributed by atoms with E-state index in [1.807, 2.05) is 0 Å². The molecule has 0 bridgehead atoms. The normalized spacial score (nSPS) is 11.9. The lowest BCUT2D eigenvalue weighted by atomic mass is 10.3. The van der Waals surface area contributed by atoms with Gasteiger partial charge in [0.15, 0.2) is 0 Å². The average molecular weight is 371 g/mol. The summed E-state index contributed by atoms with van der Waals surface area (Å²) in [5, 5.41) is 26.0. The van der Waals surface area contributed by atoms with E-state index in [1.54, 1.807) is 24.9 Å². The largest absolute Gasteiger partial charge is 0.442 e. The van der Waals surface area contributed by atoms with Crippen molar-refractivity contribution in [2.24, 2.45) is 7.05 Å². The van der Waals surface area contributed by atoms with Gasteiger partial charge in [0.25, 0.3) is 5.89 Å². The van der Waals surface area contributed by atoms with E-state index in [0.717, 1.165) is 4.68 Å². The molecule has 0 saturated carbocycles. The molecule has 3 aromatic heterocycles. The molecule has 0 aliphatic rings. The van der Waals surface area contributed by atoms with Gasteiger partial charge in [-0.25, -0.2) is 0 Å². The molecule has 0 saturated heterocycles. The van der Waals surface area contributed by atoms with Crippen molar-refractivity contribution in [3.63, 3.8) is 0 Å². The van der Waals surface area contributed by atoms with E-state index in [-0.39, 0.29) is 24.0 Å². The highest BCUT2D eigenvalue weighted by Gasteiger charge is 2.44. The van der Waals surface area contributed by atoms with Crippen molar-refractivity contribution in [1.82, 2.24) is 29.8 Å². The smallest absolute Gasteiger partial charge is 0.419 e.